The number of carbonyl (C=O) groups is 1. The van der Waals surface area contributed by atoms with Crippen LogP contribution in [0.5, 0.6) is 0 Å². The van der Waals surface area contributed by atoms with Crippen molar-refractivity contribution in [3.8, 4) is 0 Å². The predicted molar refractivity (Wildman–Crippen MR) is 86.9 cm³/mol. The highest BCUT2D eigenvalue weighted by Crippen LogP contribution is 2.13. The molecule has 130 valence electrons. The van der Waals surface area contributed by atoms with Crippen LogP contribution < -0.4 is 4.72 Å². The van der Waals surface area contributed by atoms with Crippen molar-refractivity contribution in [2.75, 3.05) is 0 Å². The van der Waals surface area contributed by atoms with Gasteiger partial charge in [-0.1, -0.05) is 12.1 Å². The fourth-order valence-electron chi connectivity index (χ4n) is 1.89. The molecule has 1 heterocycles. The van der Waals surface area contributed by atoms with Crippen LogP contribution in [0.2, 0.25) is 0 Å². The molecule has 24 heavy (non-hydrogen) atoms. The number of nitrogens with one attached hydrogen (secondary N) is 1. The SMILES string of the molecule is CCC(C)NS(=O)(=O)c1ccc(C(=O)OCc2cc(C)no2)cc1. The molecule has 0 spiro atoms. The number of benzene rings is 1. The minimum absolute atomic E-state index is 0.0324. The molecule has 1 aromatic carbocycles. The van der Waals surface area contributed by atoms with E-state index in [2.05, 4.69) is 9.88 Å². The smallest absolute Gasteiger partial charge is 0.338 e. The number of ether oxygens (including phenoxy) is 1. The first kappa shape index (κ1) is 18.2. The number of carbonyl (C=O) groups excluding carboxylic acids is 1. The van der Waals surface area contributed by atoms with Crippen molar-refractivity contribution in [2.45, 2.75) is 44.7 Å². The lowest BCUT2D eigenvalue weighted by atomic mass is 10.2. The Morgan fingerprint density at radius 3 is 2.54 bits per heavy atom. The van der Waals surface area contributed by atoms with Gasteiger partial charge in [0.2, 0.25) is 10.0 Å². The van der Waals surface area contributed by atoms with E-state index in [0.29, 0.717) is 17.9 Å². The third-order valence-electron chi connectivity index (χ3n) is 3.39. The number of sulfonamides is 1. The van der Waals surface area contributed by atoms with Gasteiger partial charge in [-0.3, -0.25) is 0 Å². The van der Waals surface area contributed by atoms with Crippen molar-refractivity contribution >= 4 is 16.0 Å². The molecule has 7 nitrogen and oxygen atoms in total. The summed E-state index contributed by atoms with van der Waals surface area (Å²) in [5.41, 5.74) is 0.957. The van der Waals surface area contributed by atoms with Gasteiger partial charge in [0.05, 0.1) is 16.2 Å². The Labute approximate surface area is 141 Å². The highest BCUT2D eigenvalue weighted by atomic mass is 32.2. The number of hydrogen-bond donors (Lipinski definition) is 1. The molecule has 0 aliphatic carbocycles. The molecule has 0 saturated carbocycles. The molecule has 2 rings (SSSR count). The van der Waals surface area contributed by atoms with E-state index in [1.165, 1.54) is 24.3 Å². The van der Waals surface area contributed by atoms with Gasteiger partial charge in [-0.15, -0.1) is 0 Å². The van der Waals surface area contributed by atoms with Crippen LogP contribution in [0.25, 0.3) is 0 Å². The van der Waals surface area contributed by atoms with Gasteiger partial charge in [0.1, 0.15) is 0 Å². The molecule has 0 radical (unpaired) electrons. The number of rotatable bonds is 7. The topological polar surface area (TPSA) is 98.5 Å². The van der Waals surface area contributed by atoms with Crippen LogP contribution in [0.1, 0.15) is 42.1 Å². The van der Waals surface area contributed by atoms with Crippen molar-refractivity contribution < 1.29 is 22.5 Å². The van der Waals surface area contributed by atoms with Gasteiger partial charge in [-0.05, 0) is 44.5 Å². The summed E-state index contributed by atoms with van der Waals surface area (Å²) in [5.74, 6) is -0.124. The van der Waals surface area contributed by atoms with E-state index < -0.39 is 16.0 Å². The molecule has 1 atom stereocenters. The van der Waals surface area contributed by atoms with Gasteiger partial charge in [0, 0.05) is 12.1 Å². The Morgan fingerprint density at radius 1 is 1.33 bits per heavy atom. The molecule has 2 aromatic rings. The lowest BCUT2D eigenvalue weighted by Crippen LogP contribution is -2.32. The third-order valence-corrected chi connectivity index (χ3v) is 5.00. The van der Waals surface area contributed by atoms with Gasteiger partial charge in [0.25, 0.3) is 0 Å². The van der Waals surface area contributed by atoms with Crippen molar-refractivity contribution in [2.24, 2.45) is 0 Å². The zero-order valence-corrected chi connectivity index (χ0v) is 14.6. The number of nitrogens with zero attached hydrogens (tertiary/aromatic N) is 1. The Kier molecular flexibility index (Phi) is 5.74. The Morgan fingerprint density at radius 2 is 2.00 bits per heavy atom. The number of hydrogen-bond acceptors (Lipinski definition) is 6. The molecule has 1 aromatic heterocycles. The fourth-order valence-corrected chi connectivity index (χ4v) is 3.22. The number of aromatic nitrogens is 1. The second-order valence-electron chi connectivity index (χ2n) is 5.47. The Bertz CT molecular complexity index is 796. The van der Waals surface area contributed by atoms with Gasteiger partial charge in [-0.25, -0.2) is 17.9 Å². The number of esters is 1. The Hall–Kier alpha value is -2.19. The lowest BCUT2D eigenvalue weighted by Gasteiger charge is -2.12. The van der Waals surface area contributed by atoms with Crippen LogP contribution in [-0.4, -0.2) is 25.6 Å². The van der Waals surface area contributed by atoms with Crippen molar-refractivity contribution in [3.63, 3.8) is 0 Å². The fraction of sp³-hybridized carbons (Fsp3) is 0.375. The molecule has 0 amide bonds. The Balaban J connectivity index is 2.01. The minimum atomic E-state index is -3.59. The zero-order valence-electron chi connectivity index (χ0n) is 13.8. The molecule has 1 unspecified atom stereocenters. The van der Waals surface area contributed by atoms with Crippen LogP contribution in [0.15, 0.2) is 39.8 Å². The molecule has 0 bridgehead atoms. The molecular formula is C16H20N2O5S. The van der Waals surface area contributed by atoms with Crippen molar-refractivity contribution in [1.82, 2.24) is 9.88 Å². The van der Waals surface area contributed by atoms with Crippen LogP contribution in [0.4, 0.5) is 0 Å². The summed E-state index contributed by atoms with van der Waals surface area (Å²) in [4.78, 5) is 12.1. The highest BCUT2D eigenvalue weighted by Gasteiger charge is 2.17. The molecular weight excluding hydrogens is 332 g/mol. The van der Waals surface area contributed by atoms with E-state index in [1.54, 1.807) is 19.9 Å². The average molecular weight is 352 g/mol. The van der Waals surface area contributed by atoms with Gasteiger partial charge in [0.15, 0.2) is 12.4 Å². The van der Waals surface area contributed by atoms with Crippen LogP contribution in [0, 0.1) is 6.92 Å². The van der Waals surface area contributed by atoms with Crippen molar-refractivity contribution in [3.05, 3.63) is 47.3 Å². The normalized spacial score (nSPS) is 12.8. The lowest BCUT2D eigenvalue weighted by molar-refractivity contribution is 0.0437. The summed E-state index contributed by atoms with van der Waals surface area (Å²) >= 11 is 0. The molecule has 8 heteroatoms. The van der Waals surface area contributed by atoms with Gasteiger partial charge in [-0.2, -0.15) is 0 Å². The maximum absolute atomic E-state index is 12.1. The zero-order chi connectivity index (χ0) is 17.7. The quantitative estimate of drug-likeness (QED) is 0.768. The summed E-state index contributed by atoms with van der Waals surface area (Å²) in [6.07, 6.45) is 0.685. The van der Waals surface area contributed by atoms with Gasteiger partial charge >= 0.3 is 5.97 Å². The van der Waals surface area contributed by atoms with Gasteiger partial charge < -0.3 is 9.26 Å². The second kappa shape index (κ2) is 7.59. The molecule has 0 saturated heterocycles. The molecule has 0 fully saturated rings. The maximum Gasteiger partial charge on any atom is 0.338 e. The number of aryl methyl sites for hydroxylation is 1. The standard InChI is InChI=1S/C16H20N2O5S/c1-4-11(2)18-24(20,21)15-7-5-13(6-8-15)16(19)22-10-14-9-12(3)17-23-14/h5-9,11,18H,4,10H2,1-3H3. The molecule has 1 N–H and O–H groups in total. The minimum Gasteiger partial charge on any atom is -0.454 e. The van der Waals surface area contributed by atoms with E-state index in [-0.39, 0.29) is 23.1 Å². The first-order chi connectivity index (χ1) is 11.3. The highest BCUT2D eigenvalue weighted by molar-refractivity contribution is 7.89. The van der Waals surface area contributed by atoms with Crippen LogP contribution >= 0.6 is 0 Å². The van der Waals surface area contributed by atoms with Crippen LogP contribution in [-0.2, 0) is 21.4 Å². The third kappa shape index (κ3) is 4.65. The summed E-state index contributed by atoms with van der Waals surface area (Å²) < 4.78 is 36.9. The van der Waals surface area contributed by atoms with Crippen molar-refractivity contribution in [1.29, 1.82) is 0 Å². The van der Waals surface area contributed by atoms with E-state index in [4.69, 9.17) is 9.26 Å². The summed E-state index contributed by atoms with van der Waals surface area (Å²) in [6.45, 7) is 5.41. The van der Waals surface area contributed by atoms with E-state index in [9.17, 15) is 13.2 Å². The largest absolute Gasteiger partial charge is 0.454 e. The maximum atomic E-state index is 12.1. The summed E-state index contributed by atoms with van der Waals surface area (Å²) in [6, 6.07) is 7.09. The summed E-state index contributed by atoms with van der Waals surface area (Å²) in [7, 11) is -3.59. The summed E-state index contributed by atoms with van der Waals surface area (Å²) in [5, 5.41) is 3.70. The van der Waals surface area contributed by atoms with Crippen LogP contribution in [0.3, 0.4) is 0 Å². The first-order valence-corrected chi connectivity index (χ1v) is 9.02. The molecule has 0 aliphatic heterocycles. The monoisotopic (exact) mass is 352 g/mol. The average Bonchev–Trinajstić information content (AvgIpc) is 2.97. The van der Waals surface area contributed by atoms with E-state index in [0.717, 1.165) is 0 Å². The molecule has 0 aliphatic rings. The second-order valence-corrected chi connectivity index (χ2v) is 7.18. The van der Waals surface area contributed by atoms with E-state index in [1.807, 2.05) is 6.92 Å². The predicted octanol–water partition coefficient (Wildman–Crippen LogP) is 2.42. The first-order valence-electron chi connectivity index (χ1n) is 7.53. The van der Waals surface area contributed by atoms with E-state index >= 15 is 0 Å².